The van der Waals surface area contributed by atoms with Crippen LogP contribution >= 0.6 is 15.9 Å². The van der Waals surface area contributed by atoms with E-state index < -0.39 is 17.9 Å². The zero-order valence-electron chi connectivity index (χ0n) is 11.1. The minimum atomic E-state index is -1.06. The molecule has 6 heteroatoms. The molecule has 0 saturated heterocycles. The molecule has 0 aliphatic rings. The quantitative estimate of drug-likeness (QED) is 0.838. The Kier molecular flexibility index (Phi) is 5.16. The van der Waals surface area contributed by atoms with Crippen LogP contribution in [0.2, 0.25) is 0 Å². The highest BCUT2D eigenvalue weighted by molar-refractivity contribution is 9.10. The van der Waals surface area contributed by atoms with Crippen LogP contribution in [0.4, 0.5) is 0 Å². The monoisotopic (exact) mass is 351 g/mol. The van der Waals surface area contributed by atoms with Crippen molar-refractivity contribution < 1.29 is 19.1 Å². The summed E-state index contributed by atoms with van der Waals surface area (Å²) in [5.74, 6) is -1.53. The van der Waals surface area contributed by atoms with E-state index in [1.165, 1.54) is 12.3 Å². The second-order valence-electron chi connectivity index (χ2n) is 4.50. The molecule has 2 aromatic rings. The molecule has 0 aliphatic carbocycles. The number of furan rings is 1. The Morgan fingerprint density at radius 2 is 1.95 bits per heavy atom. The van der Waals surface area contributed by atoms with Crippen LogP contribution in [0, 0.1) is 0 Å². The molecule has 0 bridgehead atoms. The summed E-state index contributed by atoms with van der Waals surface area (Å²) in [6.45, 7) is 0. The molecule has 2 rings (SSSR count). The van der Waals surface area contributed by atoms with Gasteiger partial charge in [0, 0.05) is 0 Å². The SMILES string of the molecule is O=C(N[C@@H](CCc1ccccc1)C(=O)O)c1ccoc1Br. The van der Waals surface area contributed by atoms with E-state index in [1.54, 1.807) is 0 Å². The lowest BCUT2D eigenvalue weighted by molar-refractivity contribution is -0.139. The smallest absolute Gasteiger partial charge is 0.326 e. The minimum Gasteiger partial charge on any atom is -0.480 e. The molecule has 0 fully saturated rings. The van der Waals surface area contributed by atoms with Crippen LogP contribution in [0.25, 0.3) is 0 Å². The van der Waals surface area contributed by atoms with E-state index in [0.717, 1.165) is 5.56 Å². The fraction of sp³-hybridized carbons (Fsp3) is 0.200. The van der Waals surface area contributed by atoms with Crippen LogP contribution in [0.15, 0.2) is 51.7 Å². The third-order valence-electron chi connectivity index (χ3n) is 3.03. The van der Waals surface area contributed by atoms with Gasteiger partial charge in [0.2, 0.25) is 0 Å². The third kappa shape index (κ3) is 4.19. The van der Waals surface area contributed by atoms with E-state index in [-0.39, 0.29) is 10.2 Å². The number of halogens is 1. The molecule has 2 N–H and O–H groups in total. The second kappa shape index (κ2) is 7.08. The lowest BCUT2D eigenvalue weighted by atomic mass is 10.1. The Morgan fingerprint density at radius 1 is 1.24 bits per heavy atom. The molecule has 5 nitrogen and oxygen atoms in total. The van der Waals surface area contributed by atoms with Crippen molar-refractivity contribution in [3.63, 3.8) is 0 Å². The zero-order chi connectivity index (χ0) is 15.2. The fourth-order valence-corrected chi connectivity index (χ4v) is 2.32. The Balaban J connectivity index is 1.98. The number of carboxylic acids is 1. The first kappa shape index (κ1) is 15.3. The minimum absolute atomic E-state index is 0.279. The van der Waals surface area contributed by atoms with Gasteiger partial charge >= 0.3 is 5.97 Å². The molecule has 1 amide bonds. The molecule has 0 unspecified atom stereocenters. The summed E-state index contributed by atoms with van der Waals surface area (Å²) in [6, 6.07) is 10.1. The molecule has 0 radical (unpaired) electrons. The van der Waals surface area contributed by atoms with Crippen molar-refractivity contribution in [2.45, 2.75) is 18.9 Å². The van der Waals surface area contributed by atoms with Gasteiger partial charge in [0.15, 0.2) is 4.67 Å². The summed E-state index contributed by atoms with van der Waals surface area (Å²) in [4.78, 5) is 23.2. The maximum absolute atomic E-state index is 12.0. The van der Waals surface area contributed by atoms with Gasteiger partial charge in [-0.05, 0) is 40.4 Å². The molecule has 1 aromatic heterocycles. The van der Waals surface area contributed by atoms with Crippen molar-refractivity contribution in [3.05, 3.63) is 58.5 Å². The second-order valence-corrected chi connectivity index (χ2v) is 5.22. The number of hydrogen-bond donors (Lipinski definition) is 2. The first-order valence-electron chi connectivity index (χ1n) is 6.38. The standard InChI is InChI=1S/C15H14BrNO4/c16-13-11(8-9-21-13)14(18)17-12(15(19)20)7-6-10-4-2-1-3-5-10/h1-5,8-9,12H,6-7H2,(H,17,18)(H,19,20)/t12-/m0/s1. The lowest BCUT2D eigenvalue weighted by Gasteiger charge is -2.14. The average Bonchev–Trinajstić information content (AvgIpc) is 2.90. The number of carbonyl (C=O) groups is 2. The molecule has 110 valence electrons. The van der Waals surface area contributed by atoms with Crippen LogP contribution in [0.5, 0.6) is 0 Å². The number of aryl methyl sites for hydroxylation is 1. The normalized spacial score (nSPS) is 11.9. The van der Waals surface area contributed by atoms with Gasteiger partial charge in [-0.3, -0.25) is 4.79 Å². The highest BCUT2D eigenvalue weighted by atomic mass is 79.9. The predicted octanol–water partition coefficient (Wildman–Crippen LogP) is 2.86. The molecule has 0 saturated carbocycles. The molecular weight excluding hydrogens is 338 g/mol. The maximum Gasteiger partial charge on any atom is 0.326 e. The number of amides is 1. The van der Waals surface area contributed by atoms with Crippen LogP contribution in [-0.2, 0) is 11.2 Å². The zero-order valence-corrected chi connectivity index (χ0v) is 12.7. The first-order valence-corrected chi connectivity index (χ1v) is 7.18. The summed E-state index contributed by atoms with van der Waals surface area (Å²) in [6.07, 6.45) is 2.25. The van der Waals surface area contributed by atoms with Crippen molar-refractivity contribution in [1.82, 2.24) is 5.32 Å². The van der Waals surface area contributed by atoms with Gasteiger partial charge < -0.3 is 14.8 Å². The third-order valence-corrected chi connectivity index (χ3v) is 3.64. The number of rotatable bonds is 6. The maximum atomic E-state index is 12.0. The molecule has 1 heterocycles. The Labute approximate surface area is 130 Å². The van der Waals surface area contributed by atoms with Crippen LogP contribution in [0.3, 0.4) is 0 Å². The average molecular weight is 352 g/mol. The van der Waals surface area contributed by atoms with Gasteiger partial charge in [0.1, 0.15) is 6.04 Å². The molecular formula is C15H14BrNO4. The van der Waals surface area contributed by atoms with E-state index in [4.69, 9.17) is 4.42 Å². The van der Waals surface area contributed by atoms with Crippen molar-refractivity contribution in [2.24, 2.45) is 0 Å². The summed E-state index contributed by atoms with van der Waals surface area (Å²) in [7, 11) is 0. The predicted molar refractivity (Wildman–Crippen MR) is 80.1 cm³/mol. The van der Waals surface area contributed by atoms with Crippen LogP contribution < -0.4 is 5.32 Å². The summed E-state index contributed by atoms with van der Waals surface area (Å²) >= 11 is 3.09. The highest BCUT2D eigenvalue weighted by Crippen LogP contribution is 2.17. The van der Waals surface area contributed by atoms with Gasteiger partial charge in [0.25, 0.3) is 5.91 Å². The Bertz CT molecular complexity index is 624. The first-order chi connectivity index (χ1) is 10.1. The number of hydrogen-bond acceptors (Lipinski definition) is 3. The van der Waals surface area contributed by atoms with Crippen LogP contribution in [0.1, 0.15) is 22.3 Å². The summed E-state index contributed by atoms with van der Waals surface area (Å²) in [5, 5.41) is 11.7. The molecule has 1 aromatic carbocycles. The van der Waals surface area contributed by atoms with Gasteiger partial charge in [-0.1, -0.05) is 30.3 Å². The van der Waals surface area contributed by atoms with Gasteiger partial charge in [-0.25, -0.2) is 4.79 Å². The number of nitrogens with one attached hydrogen (secondary N) is 1. The van der Waals surface area contributed by atoms with E-state index in [0.29, 0.717) is 12.8 Å². The lowest BCUT2D eigenvalue weighted by Crippen LogP contribution is -2.41. The van der Waals surface area contributed by atoms with Crippen molar-refractivity contribution in [3.8, 4) is 0 Å². The molecule has 0 spiro atoms. The van der Waals surface area contributed by atoms with E-state index >= 15 is 0 Å². The number of carboxylic acid groups (broad SMARTS) is 1. The topological polar surface area (TPSA) is 79.5 Å². The van der Waals surface area contributed by atoms with Crippen molar-refractivity contribution in [2.75, 3.05) is 0 Å². The summed E-state index contributed by atoms with van der Waals surface area (Å²) < 4.78 is 5.25. The van der Waals surface area contributed by atoms with Gasteiger partial charge in [-0.15, -0.1) is 0 Å². The van der Waals surface area contributed by atoms with Gasteiger partial charge in [-0.2, -0.15) is 0 Å². The van der Waals surface area contributed by atoms with E-state index in [1.807, 2.05) is 30.3 Å². The van der Waals surface area contributed by atoms with E-state index in [2.05, 4.69) is 21.2 Å². The molecule has 0 aliphatic heterocycles. The van der Waals surface area contributed by atoms with E-state index in [9.17, 15) is 14.7 Å². The highest BCUT2D eigenvalue weighted by Gasteiger charge is 2.22. The Morgan fingerprint density at radius 3 is 2.52 bits per heavy atom. The molecule has 1 atom stereocenters. The van der Waals surface area contributed by atoms with Gasteiger partial charge in [0.05, 0.1) is 11.8 Å². The largest absolute Gasteiger partial charge is 0.480 e. The van der Waals surface area contributed by atoms with Crippen LogP contribution in [-0.4, -0.2) is 23.0 Å². The number of aliphatic carboxylic acids is 1. The molecule has 21 heavy (non-hydrogen) atoms. The van der Waals surface area contributed by atoms with Crippen molar-refractivity contribution in [1.29, 1.82) is 0 Å². The fourth-order valence-electron chi connectivity index (χ4n) is 1.90. The number of carbonyl (C=O) groups excluding carboxylic acids is 1. The van der Waals surface area contributed by atoms with Crippen molar-refractivity contribution >= 4 is 27.8 Å². The summed E-state index contributed by atoms with van der Waals surface area (Å²) in [5.41, 5.74) is 1.31. The Hall–Kier alpha value is -2.08. The number of benzene rings is 1.